The average Bonchev–Trinajstić information content (AvgIpc) is 2.64. The van der Waals surface area contributed by atoms with Crippen LogP contribution in [0.4, 0.5) is 0 Å². The molecule has 6 nitrogen and oxygen atoms in total. The molecule has 0 fully saturated rings. The van der Waals surface area contributed by atoms with Gasteiger partial charge in [-0.1, -0.05) is 37.3 Å². The zero-order chi connectivity index (χ0) is 19.7. The van der Waals surface area contributed by atoms with E-state index in [4.69, 9.17) is 4.84 Å². The summed E-state index contributed by atoms with van der Waals surface area (Å²) >= 11 is 0. The zero-order valence-corrected chi connectivity index (χ0v) is 16.6. The Hall–Kier alpha value is -1.70. The molecule has 0 saturated carbocycles. The smallest absolute Gasteiger partial charge is 0.246 e. The fourth-order valence-corrected chi connectivity index (χ4v) is 4.83. The van der Waals surface area contributed by atoms with E-state index in [-0.39, 0.29) is 29.7 Å². The molecule has 0 bridgehead atoms. The number of hydroxylamine groups is 2. The Kier molecular flexibility index (Phi) is 8.98. The van der Waals surface area contributed by atoms with Gasteiger partial charge in [-0.05, 0) is 31.4 Å². The Morgan fingerprint density at radius 2 is 1.92 bits per heavy atom. The Balaban J connectivity index is 3.01. The van der Waals surface area contributed by atoms with E-state index < -0.39 is 21.0 Å². The van der Waals surface area contributed by atoms with E-state index in [1.165, 1.54) is 14.2 Å². The van der Waals surface area contributed by atoms with Gasteiger partial charge in [0.25, 0.3) is 0 Å². The van der Waals surface area contributed by atoms with Crippen molar-refractivity contribution in [3.8, 4) is 0 Å². The van der Waals surface area contributed by atoms with Crippen LogP contribution in [-0.4, -0.2) is 50.5 Å². The fraction of sp³-hybridized carbons (Fsp3) is 0.526. The molecule has 0 saturated heterocycles. The summed E-state index contributed by atoms with van der Waals surface area (Å²) < 4.78 is 26.0. The third kappa shape index (κ3) is 5.93. The first kappa shape index (κ1) is 22.3. The fourth-order valence-electron chi connectivity index (χ4n) is 2.91. The molecule has 7 heteroatoms. The number of amides is 1. The highest BCUT2D eigenvalue weighted by Crippen LogP contribution is 2.28. The van der Waals surface area contributed by atoms with Gasteiger partial charge in [0, 0.05) is 26.0 Å². The minimum atomic E-state index is -3.64. The van der Waals surface area contributed by atoms with Crippen molar-refractivity contribution in [3.63, 3.8) is 0 Å². The number of hydrogen-bond acceptors (Lipinski definition) is 5. The quantitative estimate of drug-likeness (QED) is 0.496. The lowest BCUT2D eigenvalue weighted by Crippen LogP contribution is -2.33. The molecule has 1 aromatic rings. The number of carbonyl (C=O) groups is 1. The first-order chi connectivity index (χ1) is 12.3. The second-order valence-electron chi connectivity index (χ2n) is 6.41. The van der Waals surface area contributed by atoms with Crippen molar-refractivity contribution in [2.24, 2.45) is 11.8 Å². The van der Waals surface area contributed by atoms with E-state index in [1.54, 1.807) is 49.4 Å². The van der Waals surface area contributed by atoms with Crippen LogP contribution in [0.1, 0.15) is 26.7 Å². The lowest BCUT2D eigenvalue weighted by molar-refractivity contribution is -0.169. The van der Waals surface area contributed by atoms with Crippen molar-refractivity contribution in [3.05, 3.63) is 42.5 Å². The molecule has 0 heterocycles. The molecule has 0 aliphatic carbocycles. The van der Waals surface area contributed by atoms with Gasteiger partial charge in [0.15, 0.2) is 9.84 Å². The zero-order valence-electron chi connectivity index (χ0n) is 15.8. The predicted molar refractivity (Wildman–Crippen MR) is 101 cm³/mol. The lowest BCUT2D eigenvalue weighted by atomic mass is 9.91. The molecule has 1 aromatic carbocycles. The van der Waals surface area contributed by atoms with Gasteiger partial charge in [0.2, 0.25) is 5.91 Å². The Morgan fingerprint density at radius 3 is 2.42 bits per heavy atom. The second kappa shape index (κ2) is 10.4. The van der Waals surface area contributed by atoms with Gasteiger partial charge < -0.3 is 5.11 Å². The molecular weight excluding hydrogens is 354 g/mol. The van der Waals surface area contributed by atoms with Crippen LogP contribution in [0.3, 0.4) is 0 Å². The summed E-state index contributed by atoms with van der Waals surface area (Å²) in [6.45, 7) is 3.34. The highest BCUT2D eigenvalue weighted by molar-refractivity contribution is 7.92. The van der Waals surface area contributed by atoms with Crippen molar-refractivity contribution in [1.82, 2.24) is 5.06 Å². The molecule has 3 atom stereocenters. The minimum Gasteiger partial charge on any atom is -0.396 e. The summed E-state index contributed by atoms with van der Waals surface area (Å²) in [5, 5.41) is 10.2. The molecular formula is C19H29NO5S. The number of allylic oxidation sites excluding steroid dienone is 1. The van der Waals surface area contributed by atoms with Crippen LogP contribution in [0.5, 0.6) is 0 Å². The van der Waals surface area contributed by atoms with Crippen molar-refractivity contribution < 1.29 is 23.2 Å². The standard InChI is InChI=1S/C19H29NO5S/c1-5-9-18(26(23,24)17-10-7-6-8-11-17)16(14-21)12-15(2)13-19(22)20(3)25-4/h5-11,15-16,18,21H,12-14H2,1-4H3/b9-5+/t15-,16?,18?/m1/s1. The van der Waals surface area contributed by atoms with Crippen molar-refractivity contribution in [2.75, 3.05) is 20.8 Å². The molecule has 1 amide bonds. The summed E-state index contributed by atoms with van der Waals surface area (Å²) in [6, 6.07) is 8.22. The highest BCUT2D eigenvalue weighted by atomic mass is 32.2. The Labute approximate surface area is 156 Å². The number of rotatable bonds is 10. The number of hydrogen-bond donors (Lipinski definition) is 1. The monoisotopic (exact) mass is 383 g/mol. The van der Waals surface area contributed by atoms with Crippen LogP contribution in [0.25, 0.3) is 0 Å². The molecule has 0 spiro atoms. The molecule has 0 aliphatic heterocycles. The van der Waals surface area contributed by atoms with Gasteiger partial charge >= 0.3 is 0 Å². The van der Waals surface area contributed by atoms with Gasteiger partial charge in [0.1, 0.15) is 0 Å². The molecule has 0 aliphatic rings. The molecule has 0 radical (unpaired) electrons. The number of aliphatic hydroxyl groups excluding tert-OH is 1. The highest BCUT2D eigenvalue weighted by Gasteiger charge is 2.33. The number of nitrogens with zero attached hydrogens (tertiary/aromatic N) is 1. The van der Waals surface area contributed by atoms with Gasteiger partial charge in [-0.2, -0.15) is 0 Å². The molecule has 1 N–H and O–H groups in total. The van der Waals surface area contributed by atoms with Gasteiger partial charge in [0.05, 0.1) is 17.3 Å². The summed E-state index contributed by atoms with van der Waals surface area (Å²) in [7, 11) is -0.697. The van der Waals surface area contributed by atoms with Crippen LogP contribution in [0.15, 0.2) is 47.4 Å². The molecule has 2 unspecified atom stereocenters. The maximum Gasteiger partial charge on any atom is 0.246 e. The number of aliphatic hydroxyl groups is 1. The van der Waals surface area contributed by atoms with Gasteiger partial charge in [-0.15, -0.1) is 0 Å². The summed E-state index contributed by atoms with van der Waals surface area (Å²) in [5.74, 6) is -0.798. The van der Waals surface area contributed by atoms with Crippen LogP contribution in [-0.2, 0) is 19.5 Å². The van der Waals surface area contributed by atoms with Crippen LogP contribution in [0, 0.1) is 11.8 Å². The Bertz CT molecular complexity index is 687. The van der Waals surface area contributed by atoms with E-state index >= 15 is 0 Å². The number of sulfone groups is 1. The van der Waals surface area contributed by atoms with Crippen LogP contribution >= 0.6 is 0 Å². The SMILES string of the molecule is C/C=C/C(C(CO)C[C@@H](C)CC(=O)N(C)OC)S(=O)(=O)c1ccccc1. The average molecular weight is 384 g/mol. The largest absolute Gasteiger partial charge is 0.396 e. The maximum absolute atomic E-state index is 13.0. The third-order valence-corrected chi connectivity index (χ3v) is 6.55. The van der Waals surface area contributed by atoms with E-state index in [1.807, 2.05) is 6.92 Å². The van der Waals surface area contributed by atoms with E-state index in [0.29, 0.717) is 6.42 Å². The summed E-state index contributed by atoms with van der Waals surface area (Å²) in [6.07, 6.45) is 3.91. The van der Waals surface area contributed by atoms with Crippen LogP contribution < -0.4 is 0 Å². The van der Waals surface area contributed by atoms with E-state index in [2.05, 4.69) is 0 Å². The lowest BCUT2D eigenvalue weighted by Gasteiger charge is -2.26. The van der Waals surface area contributed by atoms with Gasteiger partial charge in [-0.25, -0.2) is 13.5 Å². The minimum absolute atomic E-state index is 0.101. The van der Waals surface area contributed by atoms with Crippen LogP contribution in [0.2, 0.25) is 0 Å². The third-order valence-electron chi connectivity index (χ3n) is 4.36. The molecule has 26 heavy (non-hydrogen) atoms. The molecule has 1 rings (SSSR count). The van der Waals surface area contributed by atoms with E-state index in [9.17, 15) is 18.3 Å². The van der Waals surface area contributed by atoms with Crippen molar-refractivity contribution >= 4 is 15.7 Å². The topological polar surface area (TPSA) is 83.9 Å². The molecule has 0 aromatic heterocycles. The summed E-state index contributed by atoms with van der Waals surface area (Å²) in [5.41, 5.74) is 0. The predicted octanol–water partition coefficient (Wildman–Crippen LogP) is 2.45. The van der Waals surface area contributed by atoms with Crippen molar-refractivity contribution in [1.29, 1.82) is 0 Å². The van der Waals surface area contributed by atoms with E-state index in [0.717, 1.165) is 5.06 Å². The van der Waals surface area contributed by atoms with Crippen molar-refractivity contribution in [2.45, 2.75) is 36.8 Å². The van der Waals surface area contributed by atoms with Gasteiger partial charge in [-0.3, -0.25) is 9.63 Å². The number of benzene rings is 1. The molecule has 146 valence electrons. The second-order valence-corrected chi connectivity index (χ2v) is 8.52. The first-order valence-electron chi connectivity index (χ1n) is 8.61. The maximum atomic E-state index is 13.0. The Morgan fingerprint density at radius 1 is 1.31 bits per heavy atom. The normalized spacial score (nSPS) is 15.6. The summed E-state index contributed by atoms with van der Waals surface area (Å²) in [4.78, 5) is 17.1. The first-order valence-corrected chi connectivity index (χ1v) is 10.2. The number of carbonyl (C=O) groups excluding carboxylic acids is 1.